The highest BCUT2D eigenvalue weighted by molar-refractivity contribution is 7.90. The molecule has 1 aliphatic heterocycles. The number of hydrogen-bond acceptors (Lipinski definition) is 7. The normalized spacial score (nSPS) is 14.6. The fourth-order valence-electron chi connectivity index (χ4n) is 5.25. The smallest absolute Gasteiger partial charge is 0.269 e. The minimum Gasteiger partial charge on any atom is -0.481 e. The predicted octanol–water partition coefficient (Wildman–Crippen LogP) is 4.75. The molecule has 0 amide bonds. The van der Waals surface area contributed by atoms with Gasteiger partial charge in [0.2, 0.25) is 5.88 Å². The van der Waals surface area contributed by atoms with E-state index in [9.17, 15) is 8.42 Å². The van der Waals surface area contributed by atoms with E-state index in [4.69, 9.17) is 14.8 Å². The van der Waals surface area contributed by atoms with Crippen molar-refractivity contribution < 1.29 is 13.2 Å². The average molecular weight is 543 g/mol. The quantitative estimate of drug-likeness (QED) is 0.330. The van der Waals surface area contributed by atoms with Gasteiger partial charge in [-0.3, -0.25) is 4.68 Å². The minimum atomic E-state index is -3.89. The van der Waals surface area contributed by atoms with E-state index in [2.05, 4.69) is 21.9 Å². The number of benzene rings is 1. The maximum absolute atomic E-state index is 13.8. The van der Waals surface area contributed by atoms with Crippen LogP contribution in [0.4, 0.5) is 0 Å². The van der Waals surface area contributed by atoms with Crippen LogP contribution >= 0.6 is 0 Å². The SMILES string of the molecule is COc1ccc(-c2cn(S(=O)(=O)c3ccc(C)cc3)c3ncc(-c4cnn(C5CCNCC5)c4C)cc23)cn1. The number of hydrogen-bond donors (Lipinski definition) is 1. The van der Waals surface area contributed by atoms with Crippen LogP contribution < -0.4 is 10.1 Å². The summed E-state index contributed by atoms with van der Waals surface area (Å²) in [5.74, 6) is 0.481. The lowest BCUT2D eigenvalue weighted by molar-refractivity contribution is 0.338. The van der Waals surface area contributed by atoms with Gasteiger partial charge in [-0.15, -0.1) is 0 Å². The largest absolute Gasteiger partial charge is 0.481 e. The van der Waals surface area contributed by atoms with Gasteiger partial charge in [0, 0.05) is 58.0 Å². The van der Waals surface area contributed by atoms with E-state index in [-0.39, 0.29) is 4.90 Å². The van der Waals surface area contributed by atoms with Crippen LogP contribution in [0.3, 0.4) is 0 Å². The molecule has 10 heteroatoms. The van der Waals surface area contributed by atoms with Gasteiger partial charge in [-0.2, -0.15) is 5.10 Å². The molecule has 200 valence electrons. The van der Waals surface area contributed by atoms with E-state index in [1.807, 2.05) is 25.3 Å². The Morgan fingerprint density at radius 1 is 0.923 bits per heavy atom. The molecule has 0 spiro atoms. The van der Waals surface area contributed by atoms with Crippen molar-refractivity contribution in [3.8, 4) is 28.1 Å². The van der Waals surface area contributed by atoms with E-state index >= 15 is 0 Å². The van der Waals surface area contributed by atoms with Gasteiger partial charge < -0.3 is 10.1 Å². The highest BCUT2D eigenvalue weighted by Gasteiger charge is 2.25. The van der Waals surface area contributed by atoms with Crippen LogP contribution in [-0.2, 0) is 10.0 Å². The molecule has 1 aromatic carbocycles. The van der Waals surface area contributed by atoms with E-state index in [1.54, 1.807) is 56.0 Å². The van der Waals surface area contributed by atoms with E-state index in [1.165, 1.54) is 3.97 Å². The van der Waals surface area contributed by atoms with Crippen molar-refractivity contribution in [2.24, 2.45) is 0 Å². The Labute approximate surface area is 227 Å². The van der Waals surface area contributed by atoms with Gasteiger partial charge in [-0.25, -0.2) is 22.4 Å². The third kappa shape index (κ3) is 4.49. The summed E-state index contributed by atoms with van der Waals surface area (Å²) < 4.78 is 36.1. The molecule has 4 aromatic heterocycles. The highest BCUT2D eigenvalue weighted by Crippen LogP contribution is 2.36. The first kappa shape index (κ1) is 25.3. The summed E-state index contributed by atoms with van der Waals surface area (Å²) in [6.07, 6.45) is 9.00. The Morgan fingerprint density at radius 3 is 2.36 bits per heavy atom. The van der Waals surface area contributed by atoms with E-state index < -0.39 is 10.0 Å². The van der Waals surface area contributed by atoms with Crippen molar-refractivity contribution in [3.05, 3.63) is 78.5 Å². The lowest BCUT2D eigenvalue weighted by Crippen LogP contribution is -2.30. The van der Waals surface area contributed by atoms with Crippen molar-refractivity contribution in [1.29, 1.82) is 0 Å². The first-order valence-electron chi connectivity index (χ1n) is 13.0. The standard InChI is InChI=1S/C29H30N6O3S/c1-19-4-7-24(8-5-19)39(36,37)34-18-27(21-6-9-28(38-3)31-15-21)25-14-22(16-32-29(25)34)26-17-33-35(20(26)2)23-10-12-30-13-11-23/h4-9,14-18,23,30H,10-13H2,1-3H3. The van der Waals surface area contributed by atoms with Crippen LogP contribution in [0.2, 0.25) is 0 Å². The Morgan fingerprint density at radius 2 is 1.67 bits per heavy atom. The van der Waals surface area contributed by atoms with E-state index in [0.717, 1.165) is 53.9 Å². The molecule has 1 aliphatic rings. The molecule has 0 saturated carbocycles. The monoisotopic (exact) mass is 542 g/mol. The highest BCUT2D eigenvalue weighted by atomic mass is 32.2. The van der Waals surface area contributed by atoms with Gasteiger partial charge in [0.25, 0.3) is 10.0 Å². The molecule has 0 bridgehead atoms. The summed E-state index contributed by atoms with van der Waals surface area (Å²) in [5, 5.41) is 8.84. The number of methoxy groups -OCH3 is 1. The third-order valence-electron chi connectivity index (χ3n) is 7.46. The number of rotatable bonds is 6. The van der Waals surface area contributed by atoms with Crippen molar-refractivity contribution in [3.63, 3.8) is 0 Å². The van der Waals surface area contributed by atoms with Gasteiger partial charge in [-0.05, 0) is 64.0 Å². The Hall–Kier alpha value is -4.02. The number of aryl methyl sites for hydroxylation is 1. The van der Waals surface area contributed by atoms with Crippen LogP contribution in [0.5, 0.6) is 5.88 Å². The van der Waals surface area contributed by atoms with Crippen molar-refractivity contribution in [2.75, 3.05) is 20.2 Å². The van der Waals surface area contributed by atoms with Gasteiger partial charge in [0.1, 0.15) is 0 Å². The summed E-state index contributed by atoms with van der Waals surface area (Å²) in [6.45, 7) is 5.97. The molecule has 0 atom stereocenters. The number of pyridine rings is 2. The van der Waals surface area contributed by atoms with Crippen LogP contribution in [-0.4, -0.2) is 52.3 Å². The first-order chi connectivity index (χ1) is 18.9. The molecule has 1 N–H and O–H groups in total. The van der Waals surface area contributed by atoms with Crippen molar-refractivity contribution in [1.82, 2.24) is 29.0 Å². The molecule has 5 heterocycles. The fraction of sp³-hybridized carbons (Fsp3) is 0.276. The van der Waals surface area contributed by atoms with Crippen molar-refractivity contribution >= 4 is 21.1 Å². The third-order valence-corrected chi connectivity index (χ3v) is 9.12. The van der Waals surface area contributed by atoms with Crippen molar-refractivity contribution in [2.45, 2.75) is 37.6 Å². The summed E-state index contributed by atoms with van der Waals surface area (Å²) in [6, 6.07) is 12.8. The van der Waals surface area contributed by atoms with E-state index in [0.29, 0.717) is 28.5 Å². The Kier molecular flexibility index (Phi) is 6.44. The topological polar surface area (TPSA) is 104 Å². The van der Waals surface area contributed by atoms with Gasteiger partial charge in [0.05, 0.1) is 24.2 Å². The number of nitrogens with one attached hydrogen (secondary N) is 1. The zero-order chi connectivity index (χ0) is 27.1. The molecule has 0 unspecified atom stereocenters. The molecule has 9 nitrogen and oxygen atoms in total. The van der Waals surface area contributed by atoms with Crippen LogP contribution in [0.1, 0.15) is 30.1 Å². The second-order valence-corrected chi connectivity index (χ2v) is 11.7. The molecular formula is C29H30N6O3S. The molecule has 0 radical (unpaired) electrons. The van der Waals surface area contributed by atoms with Gasteiger partial charge in [-0.1, -0.05) is 17.7 Å². The number of ether oxygens (including phenoxy) is 1. The second-order valence-electron chi connectivity index (χ2n) is 9.91. The zero-order valence-electron chi connectivity index (χ0n) is 22.1. The number of aromatic nitrogens is 5. The van der Waals surface area contributed by atoms with Gasteiger partial charge in [0.15, 0.2) is 5.65 Å². The molecule has 1 saturated heterocycles. The lowest BCUT2D eigenvalue weighted by atomic mass is 10.0. The van der Waals surface area contributed by atoms with Crippen LogP contribution in [0.25, 0.3) is 33.3 Å². The summed E-state index contributed by atoms with van der Waals surface area (Å²) in [5.41, 5.74) is 5.76. The Bertz CT molecular complexity index is 1750. The summed E-state index contributed by atoms with van der Waals surface area (Å²) in [4.78, 5) is 9.25. The van der Waals surface area contributed by atoms with Crippen LogP contribution in [0, 0.1) is 13.8 Å². The maximum atomic E-state index is 13.8. The van der Waals surface area contributed by atoms with Crippen LogP contribution in [0.15, 0.2) is 72.1 Å². The number of piperidine rings is 1. The minimum absolute atomic E-state index is 0.203. The molecule has 6 rings (SSSR count). The molecule has 1 fully saturated rings. The van der Waals surface area contributed by atoms with Gasteiger partial charge >= 0.3 is 0 Å². The molecule has 39 heavy (non-hydrogen) atoms. The fourth-order valence-corrected chi connectivity index (χ4v) is 6.57. The average Bonchev–Trinajstić information content (AvgIpc) is 3.54. The second kappa shape index (κ2) is 9.94. The number of fused-ring (bicyclic) bond motifs is 1. The lowest BCUT2D eigenvalue weighted by Gasteiger charge is -2.24. The number of nitrogens with zero attached hydrogens (tertiary/aromatic N) is 5. The molecule has 0 aliphatic carbocycles. The predicted molar refractivity (Wildman–Crippen MR) is 150 cm³/mol. The Balaban J connectivity index is 1.51. The summed E-state index contributed by atoms with van der Waals surface area (Å²) >= 11 is 0. The maximum Gasteiger partial charge on any atom is 0.269 e. The summed E-state index contributed by atoms with van der Waals surface area (Å²) in [7, 11) is -2.33. The molecular weight excluding hydrogens is 512 g/mol. The molecule has 5 aromatic rings. The zero-order valence-corrected chi connectivity index (χ0v) is 22.9. The first-order valence-corrected chi connectivity index (χ1v) is 14.4.